The van der Waals surface area contributed by atoms with Gasteiger partial charge in [0.2, 0.25) is 5.91 Å². The quantitative estimate of drug-likeness (QED) is 0.699. The number of rotatable bonds is 4. The van der Waals surface area contributed by atoms with Crippen LogP contribution in [0.2, 0.25) is 0 Å². The van der Waals surface area contributed by atoms with Gasteiger partial charge in [-0.25, -0.2) is 5.01 Å². The van der Waals surface area contributed by atoms with Crippen molar-refractivity contribution in [2.75, 3.05) is 26.7 Å². The number of carbonyl (C=O) groups excluding carboxylic acids is 2. The maximum Gasteiger partial charge on any atom is 0.270 e. The minimum atomic E-state index is -0.198. The zero-order chi connectivity index (χ0) is 12.1. The Morgan fingerprint density at radius 1 is 1.56 bits per heavy atom. The fourth-order valence-corrected chi connectivity index (χ4v) is 1.53. The lowest BCUT2D eigenvalue weighted by molar-refractivity contribution is -0.130. The van der Waals surface area contributed by atoms with Crippen LogP contribution in [0.25, 0.3) is 0 Å². The molecule has 0 aromatic carbocycles. The molecule has 0 aromatic rings. The third-order valence-corrected chi connectivity index (χ3v) is 2.49. The van der Waals surface area contributed by atoms with Crippen molar-refractivity contribution in [3.8, 4) is 0 Å². The second-order valence-corrected chi connectivity index (χ2v) is 3.57. The van der Waals surface area contributed by atoms with Crippen LogP contribution in [0.4, 0.5) is 0 Å². The van der Waals surface area contributed by atoms with E-state index in [4.69, 9.17) is 5.11 Å². The largest absolute Gasteiger partial charge is 0.395 e. The van der Waals surface area contributed by atoms with Crippen LogP contribution in [0.15, 0.2) is 5.10 Å². The Morgan fingerprint density at radius 3 is 2.75 bits per heavy atom. The summed E-state index contributed by atoms with van der Waals surface area (Å²) in [6, 6.07) is 0. The van der Waals surface area contributed by atoms with E-state index in [2.05, 4.69) is 5.10 Å². The zero-order valence-corrected chi connectivity index (χ0v) is 9.64. The summed E-state index contributed by atoms with van der Waals surface area (Å²) in [7, 11) is 1.54. The molecule has 1 heterocycles. The first-order valence-electron chi connectivity index (χ1n) is 5.34. The summed E-state index contributed by atoms with van der Waals surface area (Å²) >= 11 is 0. The van der Waals surface area contributed by atoms with Crippen LogP contribution in [0.5, 0.6) is 0 Å². The highest BCUT2D eigenvalue weighted by Crippen LogP contribution is 2.09. The average Bonchev–Trinajstić information content (AvgIpc) is 2.28. The first-order valence-corrected chi connectivity index (χ1v) is 5.34. The number of hydrogen-bond acceptors (Lipinski definition) is 4. The molecule has 0 aromatic heterocycles. The minimum absolute atomic E-state index is 0.0678. The molecule has 0 spiro atoms. The monoisotopic (exact) mass is 227 g/mol. The van der Waals surface area contributed by atoms with Crippen LogP contribution >= 0.6 is 0 Å². The summed E-state index contributed by atoms with van der Waals surface area (Å²) in [6.07, 6.45) is 0.696. The van der Waals surface area contributed by atoms with Gasteiger partial charge in [0.25, 0.3) is 5.91 Å². The van der Waals surface area contributed by atoms with Gasteiger partial charge in [0, 0.05) is 33.0 Å². The molecule has 6 heteroatoms. The molecule has 0 saturated carbocycles. The van der Waals surface area contributed by atoms with Gasteiger partial charge in [-0.05, 0) is 6.92 Å². The highest BCUT2D eigenvalue weighted by molar-refractivity contribution is 6.39. The number of likely N-dealkylation sites (N-methyl/N-ethyl adjacent to an activating group) is 1. The van der Waals surface area contributed by atoms with Gasteiger partial charge >= 0.3 is 0 Å². The van der Waals surface area contributed by atoms with Crippen molar-refractivity contribution in [2.24, 2.45) is 5.10 Å². The van der Waals surface area contributed by atoms with Crippen molar-refractivity contribution in [1.29, 1.82) is 0 Å². The van der Waals surface area contributed by atoms with Crippen molar-refractivity contribution in [1.82, 2.24) is 9.91 Å². The SMILES string of the molecule is CCN(CCO)C(=O)C1=NN(C)C(=O)CC1. The molecular formula is C10H17N3O3. The van der Waals surface area contributed by atoms with Gasteiger partial charge in [-0.3, -0.25) is 9.59 Å². The summed E-state index contributed by atoms with van der Waals surface area (Å²) in [4.78, 5) is 24.6. The van der Waals surface area contributed by atoms with Gasteiger partial charge < -0.3 is 10.0 Å². The summed E-state index contributed by atoms with van der Waals surface area (Å²) in [5, 5.41) is 14.0. The molecule has 90 valence electrons. The fourth-order valence-electron chi connectivity index (χ4n) is 1.53. The number of aliphatic hydroxyl groups excluding tert-OH is 1. The molecule has 0 bridgehead atoms. The summed E-state index contributed by atoms with van der Waals surface area (Å²) < 4.78 is 0. The van der Waals surface area contributed by atoms with Crippen LogP contribution in [0.1, 0.15) is 19.8 Å². The molecule has 1 rings (SSSR count). The fraction of sp³-hybridized carbons (Fsp3) is 0.700. The Kier molecular flexibility index (Phi) is 4.42. The molecule has 0 radical (unpaired) electrons. The van der Waals surface area contributed by atoms with Crippen LogP contribution in [-0.2, 0) is 9.59 Å². The van der Waals surface area contributed by atoms with Gasteiger partial charge in [-0.1, -0.05) is 0 Å². The topological polar surface area (TPSA) is 73.2 Å². The van der Waals surface area contributed by atoms with Crippen LogP contribution in [0, 0.1) is 0 Å². The second-order valence-electron chi connectivity index (χ2n) is 3.57. The van der Waals surface area contributed by atoms with Crippen molar-refractivity contribution >= 4 is 17.5 Å². The number of amides is 2. The van der Waals surface area contributed by atoms with Crippen LogP contribution in [-0.4, -0.2) is 59.3 Å². The molecule has 1 aliphatic rings. The lowest BCUT2D eigenvalue weighted by Gasteiger charge is -2.24. The normalized spacial score (nSPS) is 16.1. The van der Waals surface area contributed by atoms with E-state index < -0.39 is 0 Å². The summed E-state index contributed by atoms with van der Waals surface area (Å²) in [6.45, 7) is 2.59. The van der Waals surface area contributed by atoms with Gasteiger partial charge in [0.1, 0.15) is 5.71 Å². The number of hydrogen-bond donors (Lipinski definition) is 1. The number of carbonyl (C=O) groups is 2. The van der Waals surface area contributed by atoms with E-state index in [-0.39, 0.29) is 18.4 Å². The molecular weight excluding hydrogens is 210 g/mol. The second kappa shape index (κ2) is 5.60. The molecule has 0 fully saturated rings. The third kappa shape index (κ3) is 2.79. The van der Waals surface area contributed by atoms with Crippen LogP contribution in [0.3, 0.4) is 0 Å². The lowest BCUT2D eigenvalue weighted by atomic mass is 10.1. The molecule has 0 aliphatic carbocycles. The minimum Gasteiger partial charge on any atom is -0.395 e. The van der Waals surface area contributed by atoms with E-state index in [1.807, 2.05) is 6.92 Å². The van der Waals surface area contributed by atoms with E-state index in [1.165, 1.54) is 17.0 Å². The van der Waals surface area contributed by atoms with Crippen molar-refractivity contribution < 1.29 is 14.7 Å². The Balaban J connectivity index is 2.73. The molecule has 1 N–H and O–H groups in total. The van der Waals surface area contributed by atoms with E-state index in [0.717, 1.165) is 0 Å². The predicted octanol–water partition coefficient (Wildman–Crippen LogP) is -0.565. The molecule has 0 unspecified atom stereocenters. The van der Waals surface area contributed by atoms with E-state index in [9.17, 15) is 9.59 Å². The smallest absolute Gasteiger partial charge is 0.270 e. The Hall–Kier alpha value is -1.43. The van der Waals surface area contributed by atoms with Crippen LogP contribution < -0.4 is 0 Å². The highest BCUT2D eigenvalue weighted by atomic mass is 16.3. The maximum absolute atomic E-state index is 11.9. The van der Waals surface area contributed by atoms with Gasteiger partial charge in [-0.2, -0.15) is 5.10 Å². The molecule has 6 nitrogen and oxygen atoms in total. The molecule has 0 saturated heterocycles. The van der Waals surface area contributed by atoms with E-state index in [0.29, 0.717) is 31.6 Å². The van der Waals surface area contributed by atoms with Gasteiger partial charge in [-0.15, -0.1) is 0 Å². The van der Waals surface area contributed by atoms with Gasteiger partial charge in [0.15, 0.2) is 0 Å². The number of nitrogens with zero attached hydrogens (tertiary/aromatic N) is 3. The van der Waals surface area contributed by atoms with E-state index in [1.54, 1.807) is 0 Å². The van der Waals surface area contributed by atoms with Crippen molar-refractivity contribution in [3.05, 3.63) is 0 Å². The molecule has 16 heavy (non-hydrogen) atoms. The van der Waals surface area contributed by atoms with Crippen molar-refractivity contribution in [3.63, 3.8) is 0 Å². The highest BCUT2D eigenvalue weighted by Gasteiger charge is 2.24. The Bertz CT molecular complexity index is 314. The first-order chi connectivity index (χ1) is 7.60. The Labute approximate surface area is 94.5 Å². The van der Waals surface area contributed by atoms with Gasteiger partial charge in [0.05, 0.1) is 6.61 Å². The number of hydrazone groups is 1. The molecule has 2 amide bonds. The maximum atomic E-state index is 11.9. The number of aliphatic hydroxyl groups is 1. The summed E-state index contributed by atoms with van der Waals surface area (Å²) in [5.41, 5.74) is 0.386. The standard InChI is InChI=1S/C10H17N3O3/c1-3-13(6-7-14)10(16)8-4-5-9(15)12(2)11-8/h14H,3-7H2,1-2H3. The Morgan fingerprint density at radius 2 is 2.25 bits per heavy atom. The third-order valence-electron chi connectivity index (χ3n) is 2.49. The first kappa shape index (κ1) is 12.6. The molecule has 1 aliphatic heterocycles. The average molecular weight is 227 g/mol. The van der Waals surface area contributed by atoms with Crippen molar-refractivity contribution in [2.45, 2.75) is 19.8 Å². The van der Waals surface area contributed by atoms with E-state index >= 15 is 0 Å². The predicted molar refractivity (Wildman–Crippen MR) is 58.8 cm³/mol. The molecule has 0 atom stereocenters. The summed E-state index contributed by atoms with van der Waals surface area (Å²) in [5.74, 6) is -0.280. The zero-order valence-electron chi connectivity index (χ0n) is 9.64. The lowest BCUT2D eigenvalue weighted by Crippen LogP contribution is -2.41.